The molecule has 0 aliphatic heterocycles. The summed E-state index contributed by atoms with van der Waals surface area (Å²) in [5.41, 5.74) is 17.9. The number of benzene rings is 1. The van der Waals surface area contributed by atoms with Gasteiger partial charge in [-0.2, -0.15) is 0 Å². The topological polar surface area (TPSA) is 52.0 Å². The van der Waals surface area contributed by atoms with Crippen molar-refractivity contribution < 1.29 is 0 Å². The average Bonchev–Trinajstić information content (AvgIpc) is 2.72. The van der Waals surface area contributed by atoms with Crippen LogP contribution in [0.15, 0.2) is 12.1 Å². The molecule has 1 aromatic carbocycles. The molecule has 2 aliphatic carbocycles. The largest absolute Gasteiger partial charge is 0.324 e. The van der Waals surface area contributed by atoms with E-state index in [1.54, 1.807) is 0 Å². The third kappa shape index (κ3) is 0.983. The van der Waals surface area contributed by atoms with Gasteiger partial charge in [-0.25, -0.2) is 0 Å². The summed E-state index contributed by atoms with van der Waals surface area (Å²) in [5.74, 6) is 0. The first-order chi connectivity index (χ1) is 6.77. The molecule has 0 unspecified atom stereocenters. The van der Waals surface area contributed by atoms with Gasteiger partial charge in [0, 0.05) is 12.1 Å². The van der Waals surface area contributed by atoms with Gasteiger partial charge >= 0.3 is 0 Å². The van der Waals surface area contributed by atoms with Gasteiger partial charge in [-0.1, -0.05) is 12.1 Å². The number of hydrogen-bond acceptors (Lipinski definition) is 2. The molecule has 0 radical (unpaired) electrons. The van der Waals surface area contributed by atoms with Gasteiger partial charge in [-0.05, 0) is 47.9 Å². The zero-order chi connectivity index (χ0) is 9.71. The van der Waals surface area contributed by atoms with Crippen molar-refractivity contribution in [1.29, 1.82) is 0 Å². The fourth-order valence-electron chi connectivity index (χ4n) is 2.95. The fourth-order valence-corrected chi connectivity index (χ4v) is 2.95. The summed E-state index contributed by atoms with van der Waals surface area (Å²) in [5, 5.41) is 0. The van der Waals surface area contributed by atoms with Crippen molar-refractivity contribution in [3.05, 3.63) is 34.4 Å². The Morgan fingerprint density at radius 1 is 0.857 bits per heavy atom. The van der Waals surface area contributed by atoms with Crippen LogP contribution < -0.4 is 11.5 Å². The van der Waals surface area contributed by atoms with E-state index in [-0.39, 0.29) is 12.1 Å². The minimum Gasteiger partial charge on any atom is -0.324 e. The zero-order valence-corrected chi connectivity index (χ0v) is 8.29. The van der Waals surface area contributed by atoms with Gasteiger partial charge < -0.3 is 11.5 Å². The number of rotatable bonds is 0. The molecule has 14 heavy (non-hydrogen) atoms. The number of hydrogen-bond donors (Lipinski definition) is 2. The van der Waals surface area contributed by atoms with E-state index in [0.29, 0.717) is 0 Å². The molecule has 0 aromatic heterocycles. The van der Waals surface area contributed by atoms with E-state index in [0.717, 1.165) is 25.7 Å². The number of fused-ring (bicyclic) bond motifs is 3. The summed E-state index contributed by atoms with van der Waals surface area (Å²) >= 11 is 0. The molecule has 1 aromatic rings. The van der Waals surface area contributed by atoms with E-state index in [9.17, 15) is 0 Å². The maximum atomic E-state index is 6.13. The monoisotopic (exact) mass is 188 g/mol. The van der Waals surface area contributed by atoms with Crippen molar-refractivity contribution in [3.8, 4) is 0 Å². The van der Waals surface area contributed by atoms with Crippen LogP contribution in [0.5, 0.6) is 0 Å². The maximum Gasteiger partial charge on any atom is 0.0304 e. The van der Waals surface area contributed by atoms with Crippen molar-refractivity contribution in [2.45, 2.75) is 37.8 Å². The third-order valence-corrected chi connectivity index (χ3v) is 3.66. The molecule has 0 spiro atoms. The molecule has 0 saturated carbocycles. The van der Waals surface area contributed by atoms with Crippen molar-refractivity contribution in [3.63, 3.8) is 0 Å². The molecule has 2 nitrogen and oxygen atoms in total. The number of nitrogens with two attached hydrogens (primary N) is 2. The highest BCUT2D eigenvalue weighted by atomic mass is 14.7. The minimum atomic E-state index is 0.240. The second-order valence-electron chi connectivity index (χ2n) is 4.50. The molecule has 2 atom stereocenters. The molecular weight excluding hydrogens is 172 g/mol. The van der Waals surface area contributed by atoms with Crippen LogP contribution in [-0.2, 0) is 12.8 Å². The smallest absolute Gasteiger partial charge is 0.0304 e. The van der Waals surface area contributed by atoms with E-state index in [1.807, 2.05) is 0 Å². The summed E-state index contributed by atoms with van der Waals surface area (Å²) in [6.45, 7) is 0. The average molecular weight is 188 g/mol. The molecule has 0 saturated heterocycles. The Labute approximate surface area is 84.3 Å². The van der Waals surface area contributed by atoms with Gasteiger partial charge in [0.15, 0.2) is 0 Å². The Morgan fingerprint density at radius 3 is 1.71 bits per heavy atom. The van der Waals surface area contributed by atoms with Crippen LogP contribution >= 0.6 is 0 Å². The summed E-state index contributed by atoms with van der Waals surface area (Å²) in [7, 11) is 0. The second kappa shape index (κ2) is 2.81. The van der Waals surface area contributed by atoms with Gasteiger partial charge in [0.2, 0.25) is 0 Å². The van der Waals surface area contributed by atoms with Crippen molar-refractivity contribution in [2.75, 3.05) is 0 Å². The lowest BCUT2D eigenvalue weighted by Gasteiger charge is -2.14. The van der Waals surface area contributed by atoms with Gasteiger partial charge in [0.25, 0.3) is 0 Å². The van der Waals surface area contributed by atoms with Crippen LogP contribution in [0, 0.1) is 0 Å². The van der Waals surface area contributed by atoms with Crippen molar-refractivity contribution >= 4 is 0 Å². The Hall–Kier alpha value is -0.860. The summed E-state index contributed by atoms with van der Waals surface area (Å²) in [6.07, 6.45) is 4.46. The Bertz CT molecular complexity index is 347. The van der Waals surface area contributed by atoms with E-state index >= 15 is 0 Å². The predicted octanol–water partition coefficient (Wildman–Crippen LogP) is 1.58. The summed E-state index contributed by atoms with van der Waals surface area (Å²) in [6, 6.07) is 4.98. The quantitative estimate of drug-likeness (QED) is 0.649. The molecule has 2 aliphatic rings. The van der Waals surface area contributed by atoms with Crippen LogP contribution in [0.25, 0.3) is 0 Å². The van der Waals surface area contributed by atoms with Crippen LogP contribution in [0.1, 0.15) is 47.2 Å². The summed E-state index contributed by atoms with van der Waals surface area (Å²) < 4.78 is 0. The Morgan fingerprint density at radius 2 is 1.29 bits per heavy atom. The lowest BCUT2D eigenvalue weighted by Crippen LogP contribution is -2.13. The SMILES string of the molecule is N[C@@H]1CCc2ccc3c(c21)[C@H](N)CC3. The molecule has 74 valence electrons. The fraction of sp³-hybridized carbons (Fsp3) is 0.500. The highest BCUT2D eigenvalue weighted by molar-refractivity contribution is 5.49. The molecule has 3 rings (SSSR count). The van der Waals surface area contributed by atoms with Crippen LogP contribution in [-0.4, -0.2) is 0 Å². The standard InChI is InChI=1S/C12H16N2/c13-9-5-3-7-1-2-8-4-6-10(14)12(8)11(7)9/h1-2,9-10H,3-6,13-14H2/t9-,10-/m1/s1. The van der Waals surface area contributed by atoms with E-state index < -0.39 is 0 Å². The van der Waals surface area contributed by atoms with Crippen LogP contribution in [0.3, 0.4) is 0 Å². The van der Waals surface area contributed by atoms with E-state index in [2.05, 4.69) is 12.1 Å². The lowest BCUT2D eigenvalue weighted by atomic mass is 9.96. The normalized spacial score (nSPS) is 29.0. The molecule has 0 bridgehead atoms. The molecule has 0 heterocycles. The first-order valence-corrected chi connectivity index (χ1v) is 5.43. The predicted molar refractivity (Wildman–Crippen MR) is 56.9 cm³/mol. The van der Waals surface area contributed by atoms with Crippen LogP contribution in [0.2, 0.25) is 0 Å². The zero-order valence-electron chi connectivity index (χ0n) is 8.29. The second-order valence-corrected chi connectivity index (χ2v) is 4.50. The molecule has 0 fully saturated rings. The highest BCUT2D eigenvalue weighted by Crippen LogP contribution is 2.40. The summed E-state index contributed by atoms with van der Waals surface area (Å²) in [4.78, 5) is 0. The maximum absolute atomic E-state index is 6.13. The van der Waals surface area contributed by atoms with Gasteiger partial charge in [0.05, 0.1) is 0 Å². The molecular formula is C12H16N2. The first kappa shape index (κ1) is 8.45. The van der Waals surface area contributed by atoms with Gasteiger partial charge in [0.1, 0.15) is 0 Å². The number of aryl methyl sites for hydroxylation is 2. The van der Waals surface area contributed by atoms with Gasteiger partial charge in [-0.3, -0.25) is 0 Å². The minimum absolute atomic E-state index is 0.240. The highest BCUT2D eigenvalue weighted by Gasteiger charge is 2.29. The van der Waals surface area contributed by atoms with Gasteiger partial charge in [-0.15, -0.1) is 0 Å². The molecule has 2 heteroatoms. The van der Waals surface area contributed by atoms with E-state index in [1.165, 1.54) is 22.3 Å². The lowest BCUT2D eigenvalue weighted by molar-refractivity contribution is 0.675. The Balaban J connectivity index is 2.24. The van der Waals surface area contributed by atoms with Crippen molar-refractivity contribution in [1.82, 2.24) is 0 Å². The first-order valence-electron chi connectivity index (χ1n) is 5.43. The molecule has 0 amide bonds. The molecule has 4 N–H and O–H groups in total. The van der Waals surface area contributed by atoms with Crippen LogP contribution in [0.4, 0.5) is 0 Å². The third-order valence-electron chi connectivity index (χ3n) is 3.66. The van der Waals surface area contributed by atoms with E-state index in [4.69, 9.17) is 11.5 Å². The van der Waals surface area contributed by atoms with Crippen molar-refractivity contribution in [2.24, 2.45) is 11.5 Å². The Kier molecular flexibility index (Phi) is 1.70.